The molecule has 0 aliphatic rings. The van der Waals surface area contributed by atoms with Gasteiger partial charge in [0.1, 0.15) is 0 Å². The van der Waals surface area contributed by atoms with Gasteiger partial charge in [0.2, 0.25) is 0 Å². The molecule has 1 heterocycles. The Balaban J connectivity index is 2.79. The first-order valence-corrected chi connectivity index (χ1v) is 5.86. The molecule has 0 fully saturated rings. The molecular weight excluding hydrogens is 242 g/mol. The van der Waals surface area contributed by atoms with Crippen molar-refractivity contribution in [1.82, 2.24) is 9.88 Å². The molecule has 0 aromatic carbocycles. The van der Waals surface area contributed by atoms with Crippen molar-refractivity contribution in [2.24, 2.45) is 0 Å². The van der Waals surface area contributed by atoms with Gasteiger partial charge in [-0.25, -0.2) is 0 Å². The van der Waals surface area contributed by atoms with E-state index in [1.807, 2.05) is 6.07 Å². The fraction of sp³-hybridized carbons (Fsp3) is 0.357. The van der Waals surface area contributed by atoms with E-state index >= 15 is 0 Å². The van der Waals surface area contributed by atoms with Crippen molar-refractivity contribution in [1.29, 1.82) is 5.26 Å². The highest BCUT2D eigenvalue weighted by molar-refractivity contribution is 5.94. The summed E-state index contributed by atoms with van der Waals surface area (Å²) in [6.45, 7) is 0.395. The van der Waals surface area contributed by atoms with Gasteiger partial charge in [0.15, 0.2) is 0 Å². The maximum Gasteiger partial charge on any atom is 0.255 e. The molecule has 1 rings (SSSR count). The third-order valence-electron chi connectivity index (χ3n) is 2.36. The molecule has 0 bridgehead atoms. The van der Waals surface area contributed by atoms with Crippen molar-refractivity contribution in [2.45, 2.75) is 12.8 Å². The van der Waals surface area contributed by atoms with Gasteiger partial charge in [0, 0.05) is 38.0 Å². The molecule has 5 heteroatoms. The van der Waals surface area contributed by atoms with E-state index in [0.29, 0.717) is 30.5 Å². The average Bonchev–Trinajstić information content (AvgIpc) is 2.44. The van der Waals surface area contributed by atoms with Crippen LogP contribution in [0.5, 0.6) is 0 Å². The van der Waals surface area contributed by atoms with Crippen LogP contribution in [0, 0.1) is 23.2 Å². The quantitative estimate of drug-likeness (QED) is 0.809. The zero-order valence-corrected chi connectivity index (χ0v) is 10.8. The highest BCUT2D eigenvalue weighted by atomic mass is 16.2. The molecule has 5 nitrogen and oxygen atoms in total. The maximum atomic E-state index is 12.0. The van der Waals surface area contributed by atoms with Crippen LogP contribution in [0.4, 0.5) is 0 Å². The minimum atomic E-state index is -0.187. The fourth-order valence-corrected chi connectivity index (χ4v) is 1.39. The molecule has 1 aromatic heterocycles. The summed E-state index contributed by atoms with van der Waals surface area (Å²) in [5.74, 6) is 5.41. The Labute approximate surface area is 112 Å². The summed E-state index contributed by atoms with van der Waals surface area (Å²) in [4.78, 5) is 17.5. The van der Waals surface area contributed by atoms with Crippen LogP contribution in [-0.4, -0.2) is 41.1 Å². The van der Waals surface area contributed by atoms with Crippen LogP contribution in [0.3, 0.4) is 0 Å². The number of rotatable bonds is 4. The summed E-state index contributed by atoms with van der Waals surface area (Å²) in [5, 5.41) is 17.1. The number of aromatic nitrogens is 1. The number of hydrogen-bond acceptors (Lipinski definition) is 4. The second kappa shape index (κ2) is 7.86. The second-order valence-corrected chi connectivity index (χ2v) is 3.87. The molecule has 19 heavy (non-hydrogen) atoms. The van der Waals surface area contributed by atoms with Crippen molar-refractivity contribution in [3.05, 3.63) is 29.6 Å². The van der Waals surface area contributed by atoms with Gasteiger partial charge in [-0.05, 0) is 6.07 Å². The van der Waals surface area contributed by atoms with E-state index in [9.17, 15) is 4.79 Å². The van der Waals surface area contributed by atoms with Crippen LogP contribution in [0.15, 0.2) is 18.5 Å². The summed E-state index contributed by atoms with van der Waals surface area (Å²) in [5.41, 5.74) is 1.07. The number of carbonyl (C=O) groups is 1. The topological polar surface area (TPSA) is 77.2 Å². The molecule has 1 amide bonds. The van der Waals surface area contributed by atoms with Crippen LogP contribution in [-0.2, 0) is 0 Å². The SMILES string of the molecule is CN(CCC#N)C(=O)c1cncc(C#CCCO)c1. The van der Waals surface area contributed by atoms with Crippen LogP contribution in [0.2, 0.25) is 0 Å². The third kappa shape index (κ3) is 4.79. The monoisotopic (exact) mass is 257 g/mol. The van der Waals surface area contributed by atoms with Gasteiger partial charge in [-0.1, -0.05) is 11.8 Å². The smallest absolute Gasteiger partial charge is 0.255 e. The van der Waals surface area contributed by atoms with E-state index < -0.39 is 0 Å². The first kappa shape index (κ1) is 14.7. The number of aliphatic hydroxyl groups is 1. The van der Waals surface area contributed by atoms with Gasteiger partial charge in [-0.15, -0.1) is 0 Å². The van der Waals surface area contributed by atoms with Crippen molar-refractivity contribution in [3.8, 4) is 17.9 Å². The molecule has 0 aliphatic heterocycles. The van der Waals surface area contributed by atoms with E-state index in [-0.39, 0.29) is 12.5 Å². The third-order valence-corrected chi connectivity index (χ3v) is 2.36. The number of amides is 1. The van der Waals surface area contributed by atoms with Crippen molar-refractivity contribution >= 4 is 5.91 Å². The lowest BCUT2D eigenvalue weighted by molar-refractivity contribution is 0.0797. The molecule has 0 saturated carbocycles. The number of hydrogen-bond donors (Lipinski definition) is 1. The largest absolute Gasteiger partial charge is 0.395 e. The molecule has 0 radical (unpaired) electrons. The summed E-state index contributed by atoms with van der Waals surface area (Å²) >= 11 is 0. The van der Waals surface area contributed by atoms with Crippen molar-refractivity contribution in [3.63, 3.8) is 0 Å². The number of carbonyl (C=O) groups excluding carboxylic acids is 1. The zero-order valence-electron chi connectivity index (χ0n) is 10.8. The normalized spacial score (nSPS) is 9.11. The Bertz CT molecular complexity index is 538. The van der Waals surface area contributed by atoms with E-state index in [1.54, 1.807) is 19.3 Å². The summed E-state index contributed by atoms with van der Waals surface area (Å²) in [7, 11) is 1.64. The molecule has 0 atom stereocenters. The van der Waals surface area contributed by atoms with Gasteiger partial charge in [-0.3, -0.25) is 9.78 Å². The standard InChI is InChI=1S/C14H15N3O2/c1-17(7-4-6-15)14(19)13-9-12(10-16-11-13)5-2-3-8-18/h9-11,18H,3-4,7-8H2,1H3. The Morgan fingerprint density at radius 2 is 2.26 bits per heavy atom. The van der Waals surface area contributed by atoms with Crippen LogP contribution < -0.4 is 0 Å². The number of nitrogens with zero attached hydrogens (tertiary/aromatic N) is 3. The highest BCUT2D eigenvalue weighted by Crippen LogP contribution is 2.05. The van der Waals surface area contributed by atoms with Gasteiger partial charge in [-0.2, -0.15) is 5.26 Å². The minimum Gasteiger partial charge on any atom is -0.395 e. The number of nitriles is 1. The Hall–Kier alpha value is -2.37. The molecule has 1 aromatic rings. The van der Waals surface area contributed by atoms with E-state index in [1.165, 1.54) is 11.1 Å². The highest BCUT2D eigenvalue weighted by Gasteiger charge is 2.11. The summed E-state index contributed by atoms with van der Waals surface area (Å²) < 4.78 is 0. The van der Waals surface area contributed by atoms with E-state index in [4.69, 9.17) is 10.4 Å². The summed E-state index contributed by atoms with van der Waals surface area (Å²) in [6.07, 6.45) is 3.73. The first-order chi connectivity index (χ1) is 9.19. The van der Waals surface area contributed by atoms with Crippen molar-refractivity contribution < 1.29 is 9.90 Å². The van der Waals surface area contributed by atoms with Crippen LogP contribution in [0.25, 0.3) is 0 Å². The number of pyridine rings is 1. The minimum absolute atomic E-state index is 0.00987. The lowest BCUT2D eigenvalue weighted by Crippen LogP contribution is -2.27. The molecule has 0 spiro atoms. The Kier molecular flexibility index (Phi) is 6.08. The lowest BCUT2D eigenvalue weighted by atomic mass is 10.2. The van der Waals surface area contributed by atoms with Gasteiger partial charge >= 0.3 is 0 Å². The molecule has 0 unspecified atom stereocenters. The van der Waals surface area contributed by atoms with E-state index in [2.05, 4.69) is 16.8 Å². The van der Waals surface area contributed by atoms with Gasteiger partial charge in [0.25, 0.3) is 5.91 Å². The van der Waals surface area contributed by atoms with Gasteiger partial charge < -0.3 is 10.0 Å². The molecule has 0 aliphatic carbocycles. The second-order valence-electron chi connectivity index (χ2n) is 3.87. The van der Waals surface area contributed by atoms with Gasteiger partial charge in [0.05, 0.1) is 24.7 Å². The van der Waals surface area contributed by atoms with Crippen LogP contribution in [0.1, 0.15) is 28.8 Å². The Morgan fingerprint density at radius 3 is 2.95 bits per heavy atom. The van der Waals surface area contributed by atoms with E-state index in [0.717, 1.165) is 0 Å². The number of aliphatic hydroxyl groups excluding tert-OH is 1. The predicted octanol–water partition coefficient (Wildman–Crippen LogP) is 0.801. The van der Waals surface area contributed by atoms with Crippen molar-refractivity contribution in [2.75, 3.05) is 20.2 Å². The van der Waals surface area contributed by atoms with Crippen LogP contribution >= 0.6 is 0 Å². The summed E-state index contributed by atoms with van der Waals surface area (Å²) in [6, 6.07) is 3.65. The molecule has 1 N–H and O–H groups in total. The lowest BCUT2D eigenvalue weighted by Gasteiger charge is -2.15. The maximum absolute atomic E-state index is 12.0. The predicted molar refractivity (Wildman–Crippen MR) is 70.0 cm³/mol. The fourth-order valence-electron chi connectivity index (χ4n) is 1.39. The zero-order chi connectivity index (χ0) is 14.1. The average molecular weight is 257 g/mol. The molecule has 0 saturated heterocycles. The first-order valence-electron chi connectivity index (χ1n) is 5.86. The Morgan fingerprint density at radius 1 is 1.47 bits per heavy atom. The molecule has 98 valence electrons. The molecular formula is C14H15N3O2.